The Morgan fingerprint density at radius 1 is 0.833 bits per heavy atom. The van der Waals surface area contributed by atoms with Crippen molar-refractivity contribution in [2.75, 3.05) is 0 Å². The third kappa shape index (κ3) is 9.32. The zero-order valence-corrected chi connectivity index (χ0v) is 21.2. The maximum Gasteiger partial charge on any atom is 3.00 e. The number of pyridine rings is 2. The van der Waals surface area contributed by atoms with Crippen molar-refractivity contribution in [2.45, 2.75) is 54.4 Å². The monoisotopic (exact) mass is 545 g/mol. The summed E-state index contributed by atoms with van der Waals surface area (Å²) in [4.78, 5) is 20.2. The predicted molar refractivity (Wildman–Crippen MR) is 121 cm³/mol. The number of allylic oxidation sites excluding steroid dienone is 2. The quantitative estimate of drug-likeness (QED) is 0.228. The molecule has 158 valence electrons. The van der Waals surface area contributed by atoms with Gasteiger partial charge in [-0.25, -0.2) is 0 Å². The van der Waals surface area contributed by atoms with Gasteiger partial charge in [0.15, 0.2) is 5.78 Å². The van der Waals surface area contributed by atoms with Crippen molar-refractivity contribution < 1.29 is 59.3 Å². The number of carbonyl (C=O) groups is 1. The molecule has 0 radical (unpaired) electrons. The van der Waals surface area contributed by atoms with E-state index in [0.29, 0.717) is 12.8 Å². The van der Waals surface area contributed by atoms with Gasteiger partial charge in [0, 0.05) is 42.1 Å². The fraction of sp³-hybridized carbons (Fsp3) is 0.400. The van der Waals surface area contributed by atoms with Crippen molar-refractivity contribution in [3.63, 3.8) is 0 Å². The van der Waals surface area contributed by atoms with Gasteiger partial charge in [-0.15, -0.1) is 0 Å². The second-order valence-electron chi connectivity index (χ2n) is 9.79. The van der Waals surface area contributed by atoms with E-state index in [2.05, 4.69) is 34.2 Å². The molecule has 1 N–H and O–H groups in total. The van der Waals surface area contributed by atoms with Crippen LogP contribution in [0.15, 0.2) is 60.6 Å². The van der Waals surface area contributed by atoms with Gasteiger partial charge in [0.05, 0.1) is 16.8 Å². The Labute approximate surface area is 220 Å². The van der Waals surface area contributed by atoms with Crippen LogP contribution < -0.4 is 0 Å². The molecule has 2 aromatic heterocycles. The number of fused-ring (bicyclic) bond motifs is 3. The summed E-state index contributed by atoms with van der Waals surface area (Å²) in [5, 5.41) is 11.9. The fourth-order valence-corrected chi connectivity index (χ4v) is 3.03. The van der Waals surface area contributed by atoms with Gasteiger partial charge in [0.2, 0.25) is 0 Å². The van der Waals surface area contributed by atoms with Gasteiger partial charge in [0.25, 0.3) is 0 Å². The largest absolute Gasteiger partial charge is 3.00 e. The molecule has 0 aliphatic rings. The number of rotatable bonds is 3. The predicted octanol–water partition coefficient (Wildman–Crippen LogP) is 6.65. The second kappa shape index (κ2) is 11.5. The Kier molecular flexibility index (Phi) is 10.3. The first-order valence-electron chi connectivity index (χ1n) is 9.95. The number of hydrogen-bond donors (Lipinski definition) is 1. The minimum absolute atomic E-state index is 0. The van der Waals surface area contributed by atoms with Gasteiger partial charge in [-0.2, -0.15) is 0 Å². The summed E-state index contributed by atoms with van der Waals surface area (Å²) in [5.41, 5.74) is 1.95. The van der Waals surface area contributed by atoms with Crippen LogP contribution in [0.3, 0.4) is 0 Å². The Morgan fingerprint density at radius 2 is 1.27 bits per heavy atom. The molecule has 2 heterocycles. The first-order valence-corrected chi connectivity index (χ1v) is 9.95. The van der Waals surface area contributed by atoms with Gasteiger partial charge >= 0.3 is 49.4 Å². The van der Waals surface area contributed by atoms with Crippen molar-refractivity contribution in [1.82, 2.24) is 9.97 Å². The third-order valence-corrected chi connectivity index (χ3v) is 4.09. The van der Waals surface area contributed by atoms with Crippen molar-refractivity contribution >= 4 is 27.6 Å². The topological polar surface area (TPSA) is 63.1 Å². The van der Waals surface area contributed by atoms with Crippen LogP contribution in [-0.2, 0) is 4.79 Å². The third-order valence-electron chi connectivity index (χ3n) is 4.09. The van der Waals surface area contributed by atoms with Crippen molar-refractivity contribution in [3.8, 4) is 0 Å². The fourth-order valence-electron chi connectivity index (χ4n) is 3.03. The molecule has 0 saturated carbocycles. The van der Waals surface area contributed by atoms with E-state index in [1.807, 2.05) is 53.7 Å². The minimum Gasteiger partial charge on any atom is -0.512 e. The molecule has 0 atom stereocenters. The van der Waals surface area contributed by atoms with Gasteiger partial charge in [-0.1, -0.05) is 65.8 Å². The van der Waals surface area contributed by atoms with Crippen molar-refractivity contribution in [3.05, 3.63) is 60.6 Å². The molecule has 0 amide bonds. The number of nitrogens with zero attached hydrogens (tertiary/aromatic N) is 2. The summed E-state index contributed by atoms with van der Waals surface area (Å²) < 4.78 is 0. The summed E-state index contributed by atoms with van der Waals surface area (Å²) in [7, 11) is 0. The van der Waals surface area contributed by atoms with Crippen LogP contribution in [0.1, 0.15) is 54.4 Å². The molecule has 0 saturated heterocycles. The Bertz CT molecular complexity index is 960. The molecule has 0 spiro atoms. The molecule has 3 rings (SSSR count). The Hall–Kier alpha value is -1.17. The van der Waals surface area contributed by atoms with Gasteiger partial charge < -0.3 is 5.11 Å². The number of aliphatic hydroxyl groups excluding tert-OH is 1. The summed E-state index contributed by atoms with van der Waals surface area (Å²) in [5.74, 6) is 0.195. The summed E-state index contributed by atoms with van der Waals surface area (Å²) in [6.45, 7) is 12.1. The van der Waals surface area contributed by atoms with Crippen LogP contribution >= 0.6 is 0 Å². The average molecular weight is 545 g/mol. The first-order chi connectivity index (χ1) is 13.4. The van der Waals surface area contributed by atoms with E-state index in [4.69, 9.17) is 0 Å². The average Bonchev–Trinajstić information content (AvgIpc) is 2.58. The molecular weight excluding hydrogens is 512 g/mol. The van der Waals surface area contributed by atoms with E-state index < -0.39 is 0 Å². The number of aliphatic hydroxyl groups is 1. The molecule has 30 heavy (non-hydrogen) atoms. The normalized spacial score (nSPS) is 12.1. The van der Waals surface area contributed by atoms with Gasteiger partial charge in [-0.3, -0.25) is 14.8 Å². The summed E-state index contributed by atoms with van der Waals surface area (Å²) >= 11 is 0. The van der Waals surface area contributed by atoms with E-state index in [9.17, 15) is 9.90 Å². The van der Waals surface area contributed by atoms with Crippen LogP contribution in [-0.4, -0.2) is 20.9 Å². The number of ketones is 1. The van der Waals surface area contributed by atoms with E-state index in [1.54, 1.807) is 12.4 Å². The molecule has 0 fully saturated rings. The number of benzene rings is 1. The number of hydrogen-bond acceptors (Lipinski definition) is 4. The summed E-state index contributed by atoms with van der Waals surface area (Å²) in [6, 6.07) is 12.1. The maximum absolute atomic E-state index is 11.5. The number of carbonyl (C=O) groups excluding carboxylic acids is 1. The molecular formula is C25H32EuN2O2+3. The SMILES string of the molecule is CC(C)(C)CC(=O)/C=C(\O)CC(C)(C)C.[Eu+3].c1cnc2c(c1)ccc1cccnc12. The van der Waals surface area contributed by atoms with Crippen molar-refractivity contribution in [1.29, 1.82) is 0 Å². The van der Waals surface area contributed by atoms with E-state index in [0.717, 1.165) is 21.8 Å². The van der Waals surface area contributed by atoms with Gasteiger partial charge in [-0.05, 0) is 23.0 Å². The van der Waals surface area contributed by atoms with Crippen molar-refractivity contribution in [2.24, 2.45) is 10.8 Å². The standard InChI is InChI=1S/C13H24O2.C12H8N2.Eu/c1-12(2,3)8-10(14)7-11(15)9-13(4,5)6;1-3-9-5-6-10-4-2-8-14-12(10)11(9)13-7-1;/h7,14H,8-9H2,1-6H3;1-8H;/q;;+3/b10-7-;;. The smallest absolute Gasteiger partial charge is 0.512 e. The Morgan fingerprint density at radius 3 is 1.67 bits per heavy atom. The molecule has 3 aromatic rings. The summed E-state index contributed by atoms with van der Waals surface area (Å²) in [6.07, 6.45) is 5.99. The molecule has 0 bridgehead atoms. The van der Waals surface area contributed by atoms with Crippen LogP contribution in [0.2, 0.25) is 0 Å². The molecule has 0 aliphatic carbocycles. The zero-order valence-electron chi connectivity index (χ0n) is 18.7. The second-order valence-corrected chi connectivity index (χ2v) is 9.79. The van der Waals surface area contributed by atoms with E-state index in [1.165, 1.54) is 6.08 Å². The van der Waals surface area contributed by atoms with Gasteiger partial charge in [0.1, 0.15) is 0 Å². The minimum atomic E-state index is -0.0183. The zero-order chi connectivity index (χ0) is 21.7. The molecule has 0 aliphatic heterocycles. The van der Waals surface area contributed by atoms with Crippen LogP contribution in [0.5, 0.6) is 0 Å². The Balaban J connectivity index is 0.000000290. The molecule has 1 aromatic carbocycles. The number of aromatic nitrogens is 2. The molecule has 0 unspecified atom stereocenters. The van der Waals surface area contributed by atoms with E-state index in [-0.39, 0.29) is 71.7 Å². The van der Waals surface area contributed by atoms with Crippen LogP contribution in [0.25, 0.3) is 21.8 Å². The first kappa shape index (κ1) is 26.9. The molecule has 4 nitrogen and oxygen atoms in total. The van der Waals surface area contributed by atoms with Crippen LogP contribution in [0, 0.1) is 60.2 Å². The van der Waals surface area contributed by atoms with Crippen LogP contribution in [0.4, 0.5) is 0 Å². The molecule has 5 heteroatoms. The maximum atomic E-state index is 11.5. The van der Waals surface area contributed by atoms with E-state index >= 15 is 0 Å².